The average Bonchev–Trinajstić information content (AvgIpc) is 2.38. The molecule has 0 aliphatic rings. The number of hydrogen-bond acceptors (Lipinski definition) is 4. The molecule has 1 aromatic carbocycles. The predicted octanol–water partition coefficient (Wildman–Crippen LogP) is 1.58. The normalized spacial score (nSPS) is 10.7. The Kier molecular flexibility index (Phi) is 5.05. The molecule has 96 valence electrons. The summed E-state index contributed by atoms with van der Waals surface area (Å²) in [5.74, 6) is -0.632. The summed E-state index contributed by atoms with van der Waals surface area (Å²) in [7, 11) is 1.33. The summed E-state index contributed by atoms with van der Waals surface area (Å²) in [5.41, 5.74) is 3.68. The molecule has 0 bridgehead atoms. The first-order chi connectivity index (χ1) is 8.54. The SMILES string of the molecule is COC(=O)c1ccc(/C=N\NC(=O)C(C)C)cc1. The van der Waals surface area contributed by atoms with Gasteiger partial charge in [-0.1, -0.05) is 26.0 Å². The van der Waals surface area contributed by atoms with E-state index in [1.165, 1.54) is 13.3 Å². The van der Waals surface area contributed by atoms with Crippen LogP contribution in [-0.2, 0) is 9.53 Å². The molecule has 0 saturated carbocycles. The van der Waals surface area contributed by atoms with Crippen molar-refractivity contribution in [1.82, 2.24) is 5.43 Å². The molecule has 0 aromatic heterocycles. The molecule has 1 aromatic rings. The minimum absolute atomic E-state index is 0.108. The highest BCUT2D eigenvalue weighted by Crippen LogP contribution is 2.03. The smallest absolute Gasteiger partial charge is 0.337 e. The Hall–Kier alpha value is -2.17. The fourth-order valence-electron chi connectivity index (χ4n) is 1.12. The molecular formula is C13H16N2O3. The summed E-state index contributed by atoms with van der Waals surface area (Å²) in [6.45, 7) is 3.58. The van der Waals surface area contributed by atoms with Crippen molar-refractivity contribution >= 4 is 18.1 Å². The lowest BCUT2D eigenvalue weighted by molar-refractivity contribution is -0.123. The van der Waals surface area contributed by atoms with E-state index in [0.29, 0.717) is 5.56 Å². The quantitative estimate of drug-likeness (QED) is 0.499. The van der Waals surface area contributed by atoms with Gasteiger partial charge in [0.15, 0.2) is 0 Å². The maximum absolute atomic E-state index is 11.2. The number of ether oxygens (including phenoxy) is 1. The van der Waals surface area contributed by atoms with E-state index in [9.17, 15) is 9.59 Å². The summed E-state index contributed by atoms with van der Waals surface area (Å²) in [4.78, 5) is 22.4. The van der Waals surface area contributed by atoms with Crippen LogP contribution in [0.4, 0.5) is 0 Å². The third-order valence-corrected chi connectivity index (χ3v) is 2.24. The van der Waals surface area contributed by atoms with Crippen molar-refractivity contribution < 1.29 is 14.3 Å². The zero-order chi connectivity index (χ0) is 13.5. The van der Waals surface area contributed by atoms with Gasteiger partial charge < -0.3 is 4.74 Å². The number of amides is 1. The van der Waals surface area contributed by atoms with Gasteiger partial charge in [0.2, 0.25) is 5.91 Å². The first-order valence-electron chi connectivity index (χ1n) is 5.56. The summed E-state index contributed by atoms with van der Waals surface area (Å²) in [6.07, 6.45) is 1.52. The summed E-state index contributed by atoms with van der Waals surface area (Å²) in [6, 6.07) is 6.71. The minimum Gasteiger partial charge on any atom is -0.465 e. The van der Waals surface area contributed by atoms with Crippen LogP contribution in [0, 0.1) is 5.92 Å². The van der Waals surface area contributed by atoms with Gasteiger partial charge in [0.1, 0.15) is 0 Å². The summed E-state index contributed by atoms with van der Waals surface area (Å²) in [5, 5.41) is 3.82. The van der Waals surface area contributed by atoms with Crippen LogP contribution >= 0.6 is 0 Å². The predicted molar refractivity (Wildman–Crippen MR) is 68.4 cm³/mol. The van der Waals surface area contributed by atoms with Crippen molar-refractivity contribution in [3.63, 3.8) is 0 Å². The van der Waals surface area contributed by atoms with E-state index < -0.39 is 0 Å². The molecule has 0 saturated heterocycles. The van der Waals surface area contributed by atoms with E-state index in [0.717, 1.165) is 5.56 Å². The number of carbonyl (C=O) groups excluding carboxylic acids is 2. The molecular weight excluding hydrogens is 232 g/mol. The lowest BCUT2D eigenvalue weighted by Gasteiger charge is -2.01. The van der Waals surface area contributed by atoms with Crippen LogP contribution in [0.2, 0.25) is 0 Å². The van der Waals surface area contributed by atoms with Gasteiger partial charge in [-0.2, -0.15) is 5.10 Å². The van der Waals surface area contributed by atoms with Gasteiger partial charge in [-0.05, 0) is 17.7 Å². The highest BCUT2D eigenvalue weighted by atomic mass is 16.5. The van der Waals surface area contributed by atoms with Gasteiger partial charge in [0.05, 0.1) is 18.9 Å². The monoisotopic (exact) mass is 248 g/mol. The first-order valence-corrected chi connectivity index (χ1v) is 5.56. The molecule has 1 amide bonds. The summed E-state index contributed by atoms with van der Waals surface area (Å²) >= 11 is 0. The topological polar surface area (TPSA) is 67.8 Å². The Labute approximate surface area is 106 Å². The maximum Gasteiger partial charge on any atom is 0.337 e. The lowest BCUT2D eigenvalue weighted by atomic mass is 10.1. The number of rotatable bonds is 4. The zero-order valence-electron chi connectivity index (χ0n) is 10.6. The number of nitrogens with zero attached hydrogens (tertiary/aromatic N) is 1. The van der Waals surface area contributed by atoms with Crippen molar-refractivity contribution in [1.29, 1.82) is 0 Å². The van der Waals surface area contributed by atoms with Gasteiger partial charge >= 0.3 is 5.97 Å². The molecule has 0 fully saturated rings. The number of benzene rings is 1. The van der Waals surface area contributed by atoms with Gasteiger partial charge in [0.25, 0.3) is 0 Å². The van der Waals surface area contributed by atoms with Crippen LogP contribution in [0.1, 0.15) is 29.8 Å². The van der Waals surface area contributed by atoms with E-state index in [1.54, 1.807) is 38.1 Å². The van der Waals surface area contributed by atoms with Crippen molar-refractivity contribution in [2.75, 3.05) is 7.11 Å². The van der Waals surface area contributed by atoms with Crippen LogP contribution < -0.4 is 5.43 Å². The Balaban J connectivity index is 2.61. The standard InChI is InChI=1S/C13H16N2O3/c1-9(2)12(16)15-14-8-10-4-6-11(7-5-10)13(17)18-3/h4-9H,1-3H3,(H,15,16)/b14-8-. The van der Waals surface area contributed by atoms with E-state index in [1.807, 2.05) is 0 Å². The highest BCUT2D eigenvalue weighted by molar-refractivity contribution is 5.90. The molecule has 0 radical (unpaired) electrons. The number of hydrazone groups is 1. The summed E-state index contributed by atoms with van der Waals surface area (Å²) < 4.78 is 4.59. The Morgan fingerprint density at radius 2 is 1.89 bits per heavy atom. The van der Waals surface area contributed by atoms with Gasteiger partial charge in [-0.3, -0.25) is 4.79 Å². The highest BCUT2D eigenvalue weighted by Gasteiger charge is 2.04. The molecule has 0 heterocycles. The van der Waals surface area contributed by atoms with Crippen LogP contribution in [0.15, 0.2) is 29.4 Å². The average molecular weight is 248 g/mol. The van der Waals surface area contributed by atoms with E-state index in [-0.39, 0.29) is 17.8 Å². The molecule has 0 spiro atoms. The number of esters is 1. The Morgan fingerprint density at radius 1 is 1.28 bits per heavy atom. The molecule has 5 nitrogen and oxygen atoms in total. The number of methoxy groups -OCH3 is 1. The molecule has 5 heteroatoms. The fraction of sp³-hybridized carbons (Fsp3) is 0.308. The lowest BCUT2D eigenvalue weighted by Crippen LogP contribution is -2.22. The first kappa shape index (κ1) is 13.9. The van der Waals surface area contributed by atoms with Gasteiger partial charge in [0, 0.05) is 5.92 Å². The van der Waals surface area contributed by atoms with Crippen LogP contribution in [0.5, 0.6) is 0 Å². The molecule has 0 aliphatic carbocycles. The van der Waals surface area contributed by atoms with Crippen molar-refractivity contribution in [2.45, 2.75) is 13.8 Å². The van der Waals surface area contributed by atoms with Gasteiger partial charge in [-0.15, -0.1) is 0 Å². The van der Waals surface area contributed by atoms with Crippen molar-refractivity contribution in [3.8, 4) is 0 Å². The molecule has 18 heavy (non-hydrogen) atoms. The van der Waals surface area contributed by atoms with E-state index in [2.05, 4.69) is 15.3 Å². The van der Waals surface area contributed by atoms with E-state index in [4.69, 9.17) is 0 Å². The van der Waals surface area contributed by atoms with Crippen molar-refractivity contribution in [3.05, 3.63) is 35.4 Å². The molecule has 0 aliphatic heterocycles. The van der Waals surface area contributed by atoms with Crippen LogP contribution in [0.3, 0.4) is 0 Å². The number of hydrogen-bond donors (Lipinski definition) is 1. The Morgan fingerprint density at radius 3 is 2.39 bits per heavy atom. The minimum atomic E-state index is -0.383. The maximum atomic E-state index is 11.2. The molecule has 1 rings (SSSR count). The zero-order valence-corrected chi connectivity index (χ0v) is 10.6. The van der Waals surface area contributed by atoms with Crippen molar-refractivity contribution in [2.24, 2.45) is 11.0 Å². The second kappa shape index (κ2) is 6.54. The largest absolute Gasteiger partial charge is 0.465 e. The number of carbonyl (C=O) groups is 2. The fourth-order valence-corrected chi connectivity index (χ4v) is 1.12. The molecule has 0 unspecified atom stereocenters. The molecule has 1 N–H and O–H groups in total. The second-order valence-electron chi connectivity index (χ2n) is 4.00. The van der Waals surface area contributed by atoms with Crippen LogP contribution in [-0.4, -0.2) is 25.2 Å². The van der Waals surface area contributed by atoms with E-state index >= 15 is 0 Å². The van der Waals surface area contributed by atoms with Crippen LogP contribution in [0.25, 0.3) is 0 Å². The third kappa shape index (κ3) is 4.01. The Bertz CT molecular complexity index is 450. The second-order valence-corrected chi connectivity index (χ2v) is 4.00. The number of nitrogens with one attached hydrogen (secondary N) is 1. The molecule has 0 atom stereocenters. The van der Waals surface area contributed by atoms with Gasteiger partial charge in [-0.25, -0.2) is 10.2 Å². The third-order valence-electron chi connectivity index (χ3n) is 2.24.